The zero-order valence-corrected chi connectivity index (χ0v) is 19.4. The lowest BCUT2D eigenvalue weighted by Crippen LogP contribution is -2.41. The van der Waals surface area contributed by atoms with E-state index in [1.54, 1.807) is 0 Å². The van der Waals surface area contributed by atoms with Gasteiger partial charge in [0.05, 0.1) is 6.61 Å². The van der Waals surface area contributed by atoms with Gasteiger partial charge in [-0.05, 0) is 51.0 Å². The van der Waals surface area contributed by atoms with E-state index in [9.17, 15) is 5.11 Å². The van der Waals surface area contributed by atoms with Crippen molar-refractivity contribution in [2.45, 2.75) is 70.9 Å². The first-order chi connectivity index (χ1) is 15.7. The first kappa shape index (κ1) is 25.6. The Balaban J connectivity index is 1.49. The summed E-state index contributed by atoms with van der Waals surface area (Å²) in [4.78, 5) is 0. The minimum absolute atomic E-state index is 0.371. The van der Waals surface area contributed by atoms with Crippen LogP contribution in [0, 0.1) is 0 Å². The first-order valence-corrected chi connectivity index (χ1v) is 11.8. The Morgan fingerprint density at radius 3 is 1.81 bits per heavy atom. The van der Waals surface area contributed by atoms with Gasteiger partial charge in [-0.1, -0.05) is 98.0 Å². The van der Waals surface area contributed by atoms with E-state index in [0.717, 1.165) is 44.1 Å². The van der Waals surface area contributed by atoms with Crippen LogP contribution in [0.3, 0.4) is 0 Å². The first-order valence-electron chi connectivity index (χ1n) is 11.8. The van der Waals surface area contributed by atoms with Gasteiger partial charge in [-0.25, -0.2) is 0 Å². The second-order valence-corrected chi connectivity index (χ2v) is 7.67. The van der Waals surface area contributed by atoms with Crippen LogP contribution in [0.2, 0.25) is 0 Å². The Bertz CT molecular complexity index is 813. The zero-order valence-electron chi connectivity index (χ0n) is 19.4. The maximum atomic E-state index is 10.5. The summed E-state index contributed by atoms with van der Waals surface area (Å²) in [5.74, 6) is -0.834. The van der Waals surface area contributed by atoms with Crippen molar-refractivity contribution in [3.63, 3.8) is 0 Å². The SMILES string of the molecule is CC/C=C\C/C=C\C/C=C\C/C=C\C/C=C\C/C=C\CCC1(O)OCc2ccccc2O1. The summed E-state index contributed by atoms with van der Waals surface area (Å²) in [6.07, 6.45) is 33.2. The molecule has 0 aliphatic carbocycles. The largest absolute Gasteiger partial charge is 0.439 e. The van der Waals surface area contributed by atoms with E-state index in [-0.39, 0.29) is 0 Å². The molecule has 1 atom stereocenters. The molecule has 0 fully saturated rings. The number of fused-ring (bicyclic) bond motifs is 1. The smallest absolute Gasteiger partial charge is 0.325 e. The van der Waals surface area contributed by atoms with Crippen LogP contribution in [0.1, 0.15) is 63.9 Å². The summed E-state index contributed by atoms with van der Waals surface area (Å²) in [6, 6.07) is 7.64. The Morgan fingerprint density at radius 2 is 1.25 bits per heavy atom. The molecule has 0 radical (unpaired) electrons. The third-order valence-electron chi connectivity index (χ3n) is 4.92. The normalized spacial score (nSPS) is 19.3. The fourth-order valence-corrected chi connectivity index (χ4v) is 3.14. The molecule has 0 bridgehead atoms. The van der Waals surface area contributed by atoms with Gasteiger partial charge in [-0.3, -0.25) is 0 Å². The number of para-hydroxylation sites is 1. The highest BCUT2D eigenvalue weighted by atomic mass is 16.8. The molecule has 1 aromatic rings. The van der Waals surface area contributed by atoms with Gasteiger partial charge in [0.15, 0.2) is 0 Å². The molecule has 1 aliphatic heterocycles. The fourth-order valence-electron chi connectivity index (χ4n) is 3.14. The minimum Gasteiger partial charge on any atom is -0.439 e. The van der Waals surface area contributed by atoms with Crippen LogP contribution < -0.4 is 4.74 Å². The average Bonchev–Trinajstić information content (AvgIpc) is 2.80. The molecule has 0 aromatic heterocycles. The van der Waals surface area contributed by atoms with Crippen LogP contribution in [-0.4, -0.2) is 11.1 Å². The molecule has 0 spiro atoms. The number of ether oxygens (including phenoxy) is 2. The molecule has 1 unspecified atom stereocenters. The average molecular weight is 435 g/mol. The number of rotatable bonds is 14. The number of hydrogen-bond acceptors (Lipinski definition) is 3. The van der Waals surface area contributed by atoms with Crippen LogP contribution >= 0.6 is 0 Å². The summed E-state index contributed by atoms with van der Waals surface area (Å²) < 4.78 is 11.1. The van der Waals surface area contributed by atoms with Gasteiger partial charge in [0.25, 0.3) is 0 Å². The second kappa shape index (κ2) is 16.1. The Kier molecular flexibility index (Phi) is 12.9. The monoisotopic (exact) mass is 434 g/mol. The summed E-state index contributed by atoms with van der Waals surface area (Å²) in [7, 11) is 0. The van der Waals surface area contributed by atoms with E-state index >= 15 is 0 Å². The molecule has 0 saturated carbocycles. The summed E-state index contributed by atoms with van der Waals surface area (Å²) in [5.41, 5.74) is 0.964. The molecule has 1 aliphatic rings. The standard InChI is InChI=1S/C29H38O3/c1-2-3-4-5-6-7-8-9-10-11-12-13-14-15-16-17-18-19-22-25-29(30)31-26-27-23-20-21-24-28(27)32-29/h3-4,6-7,9-10,12-13,15-16,18-21,23-24,30H,2,5,8,11,14,17,22,25-26H2,1H3/b4-3-,7-6-,10-9-,13-12-,16-15-,19-18-. The zero-order chi connectivity index (χ0) is 22.7. The molecule has 1 N–H and O–H groups in total. The quantitative estimate of drug-likeness (QED) is 0.305. The lowest BCUT2D eigenvalue weighted by Gasteiger charge is -2.33. The van der Waals surface area contributed by atoms with Crippen LogP contribution in [0.4, 0.5) is 0 Å². The van der Waals surface area contributed by atoms with Crippen molar-refractivity contribution in [1.29, 1.82) is 0 Å². The topological polar surface area (TPSA) is 38.7 Å². The van der Waals surface area contributed by atoms with Crippen LogP contribution in [-0.2, 0) is 11.3 Å². The molecule has 1 aromatic carbocycles. The maximum absolute atomic E-state index is 10.5. The van der Waals surface area contributed by atoms with E-state index in [4.69, 9.17) is 9.47 Å². The van der Waals surface area contributed by atoms with Crippen LogP contribution in [0.5, 0.6) is 5.75 Å². The lowest BCUT2D eigenvalue weighted by molar-refractivity contribution is -0.337. The predicted molar refractivity (Wildman–Crippen MR) is 134 cm³/mol. The van der Waals surface area contributed by atoms with E-state index in [2.05, 4.69) is 79.8 Å². The summed E-state index contributed by atoms with van der Waals surface area (Å²) in [6.45, 7) is 2.53. The van der Waals surface area contributed by atoms with Gasteiger partial charge in [-0.15, -0.1) is 0 Å². The third kappa shape index (κ3) is 11.1. The highest BCUT2D eigenvalue weighted by molar-refractivity contribution is 5.34. The van der Waals surface area contributed by atoms with Crippen molar-refractivity contribution in [2.24, 2.45) is 0 Å². The fraction of sp³-hybridized carbons (Fsp3) is 0.379. The third-order valence-corrected chi connectivity index (χ3v) is 4.92. The summed E-state index contributed by atoms with van der Waals surface area (Å²) in [5, 5.41) is 10.5. The summed E-state index contributed by atoms with van der Waals surface area (Å²) >= 11 is 0. The maximum Gasteiger partial charge on any atom is 0.325 e. The van der Waals surface area contributed by atoms with Gasteiger partial charge >= 0.3 is 5.97 Å². The molecular formula is C29H38O3. The Hall–Kier alpha value is -2.62. The molecule has 172 valence electrons. The molecule has 0 amide bonds. The number of allylic oxidation sites excluding steroid dienone is 12. The van der Waals surface area contributed by atoms with Crippen molar-refractivity contribution in [3.8, 4) is 5.75 Å². The van der Waals surface area contributed by atoms with Crippen LogP contribution in [0.25, 0.3) is 0 Å². The predicted octanol–water partition coefficient (Wildman–Crippen LogP) is 7.72. The van der Waals surface area contributed by atoms with E-state index < -0.39 is 5.97 Å². The molecule has 32 heavy (non-hydrogen) atoms. The molecule has 3 nitrogen and oxygen atoms in total. The van der Waals surface area contributed by atoms with Gasteiger partial charge in [0, 0.05) is 12.0 Å². The highest BCUT2D eigenvalue weighted by Crippen LogP contribution is 2.32. The van der Waals surface area contributed by atoms with E-state index in [1.807, 2.05) is 24.3 Å². The van der Waals surface area contributed by atoms with Gasteiger partial charge in [0.1, 0.15) is 5.75 Å². The van der Waals surface area contributed by atoms with Crippen molar-refractivity contribution in [2.75, 3.05) is 0 Å². The van der Waals surface area contributed by atoms with Crippen LogP contribution in [0.15, 0.2) is 97.2 Å². The highest BCUT2D eigenvalue weighted by Gasteiger charge is 2.34. The number of aliphatic hydroxyl groups is 1. The van der Waals surface area contributed by atoms with Crippen molar-refractivity contribution in [3.05, 3.63) is 103 Å². The minimum atomic E-state index is -1.53. The molecule has 1 heterocycles. The second-order valence-electron chi connectivity index (χ2n) is 7.67. The molecule has 2 rings (SSSR count). The molecule has 0 saturated heterocycles. The van der Waals surface area contributed by atoms with Gasteiger partial charge < -0.3 is 14.6 Å². The van der Waals surface area contributed by atoms with Crippen molar-refractivity contribution >= 4 is 0 Å². The number of benzene rings is 1. The van der Waals surface area contributed by atoms with Crippen molar-refractivity contribution < 1.29 is 14.6 Å². The molecule has 3 heteroatoms. The van der Waals surface area contributed by atoms with Gasteiger partial charge in [0.2, 0.25) is 0 Å². The Labute approximate surface area is 194 Å². The van der Waals surface area contributed by atoms with Crippen molar-refractivity contribution in [1.82, 2.24) is 0 Å². The van der Waals surface area contributed by atoms with E-state index in [1.165, 1.54) is 0 Å². The van der Waals surface area contributed by atoms with Gasteiger partial charge in [-0.2, -0.15) is 0 Å². The Morgan fingerprint density at radius 1 is 0.750 bits per heavy atom. The number of hydrogen-bond donors (Lipinski definition) is 1. The lowest BCUT2D eigenvalue weighted by atomic mass is 10.1. The van der Waals surface area contributed by atoms with E-state index in [0.29, 0.717) is 25.2 Å². The molecular weight excluding hydrogens is 396 g/mol.